The van der Waals surface area contributed by atoms with Crippen LogP contribution in [0.25, 0.3) is 16.7 Å². The lowest BCUT2D eigenvalue weighted by Gasteiger charge is -2.29. The maximum atomic E-state index is 11.2. The van der Waals surface area contributed by atoms with Gasteiger partial charge in [-0.25, -0.2) is 4.98 Å². The van der Waals surface area contributed by atoms with Crippen molar-refractivity contribution >= 4 is 34.4 Å². The average Bonchev–Trinajstić information content (AvgIpc) is 3.08. The summed E-state index contributed by atoms with van der Waals surface area (Å²) in [5, 5.41) is 8.07. The molecule has 1 aromatic carbocycles. The number of aromatic nitrogens is 3. The number of amides is 1. The molecule has 0 spiro atoms. The number of carbonyl (C=O) groups is 1. The number of anilines is 1. The van der Waals surface area contributed by atoms with E-state index in [4.69, 9.17) is 11.6 Å². The van der Waals surface area contributed by atoms with Crippen molar-refractivity contribution in [2.75, 3.05) is 5.32 Å². The number of nitrogens with one attached hydrogen (secondary N) is 2. The molecule has 1 aliphatic rings. The first-order chi connectivity index (χ1) is 13.1. The number of fused-ring (bicyclic) bond motifs is 1. The van der Waals surface area contributed by atoms with Crippen LogP contribution in [-0.2, 0) is 4.79 Å². The van der Waals surface area contributed by atoms with Crippen LogP contribution in [0.1, 0.15) is 32.6 Å². The molecule has 0 radical (unpaired) electrons. The maximum absolute atomic E-state index is 11.2. The van der Waals surface area contributed by atoms with Crippen molar-refractivity contribution in [1.29, 1.82) is 0 Å². The van der Waals surface area contributed by atoms with Gasteiger partial charge in [-0.15, -0.1) is 0 Å². The van der Waals surface area contributed by atoms with Crippen molar-refractivity contribution < 1.29 is 4.79 Å². The zero-order chi connectivity index (χ0) is 18.8. The zero-order valence-corrected chi connectivity index (χ0v) is 15.9. The van der Waals surface area contributed by atoms with Crippen LogP contribution in [0.15, 0.2) is 42.7 Å². The fourth-order valence-electron chi connectivity index (χ4n) is 3.72. The van der Waals surface area contributed by atoms with Gasteiger partial charge < -0.3 is 10.6 Å². The highest BCUT2D eigenvalue weighted by Gasteiger charge is 2.22. The van der Waals surface area contributed by atoms with Crippen LogP contribution in [0, 0.1) is 0 Å². The molecule has 2 heterocycles. The summed E-state index contributed by atoms with van der Waals surface area (Å²) in [6.07, 6.45) is 7.47. The summed E-state index contributed by atoms with van der Waals surface area (Å²) in [4.78, 5) is 20.2. The Kier molecular flexibility index (Phi) is 4.99. The molecule has 2 N–H and O–H groups in total. The minimum Gasteiger partial charge on any atom is -0.354 e. The molecule has 1 amide bonds. The molecule has 1 fully saturated rings. The largest absolute Gasteiger partial charge is 0.354 e. The SMILES string of the molecule is CC(=O)NC1CCC(Nc2ncc(Cl)c(-n3ccc4ccccc43)n2)CC1. The lowest BCUT2D eigenvalue weighted by Crippen LogP contribution is -2.39. The van der Waals surface area contributed by atoms with Gasteiger partial charge >= 0.3 is 0 Å². The summed E-state index contributed by atoms with van der Waals surface area (Å²) in [6, 6.07) is 10.7. The number of benzene rings is 1. The van der Waals surface area contributed by atoms with Gasteiger partial charge in [0.15, 0.2) is 5.82 Å². The normalized spacial score (nSPS) is 19.8. The summed E-state index contributed by atoms with van der Waals surface area (Å²) >= 11 is 6.38. The molecule has 0 atom stereocenters. The summed E-state index contributed by atoms with van der Waals surface area (Å²) in [7, 11) is 0. The van der Waals surface area contributed by atoms with Gasteiger partial charge in [0.05, 0.1) is 11.7 Å². The van der Waals surface area contributed by atoms with E-state index in [1.165, 1.54) is 0 Å². The first-order valence-corrected chi connectivity index (χ1v) is 9.60. The van der Waals surface area contributed by atoms with Crippen LogP contribution in [0.3, 0.4) is 0 Å². The Morgan fingerprint density at radius 2 is 1.89 bits per heavy atom. The summed E-state index contributed by atoms with van der Waals surface area (Å²) < 4.78 is 1.98. The molecule has 27 heavy (non-hydrogen) atoms. The van der Waals surface area contributed by atoms with E-state index >= 15 is 0 Å². The van der Waals surface area contributed by atoms with E-state index in [-0.39, 0.29) is 11.9 Å². The van der Waals surface area contributed by atoms with Gasteiger partial charge in [-0.2, -0.15) is 4.98 Å². The van der Waals surface area contributed by atoms with E-state index in [1.807, 2.05) is 35.0 Å². The Hall–Kier alpha value is -2.60. The third-order valence-corrected chi connectivity index (χ3v) is 5.29. The minimum absolute atomic E-state index is 0.0380. The van der Waals surface area contributed by atoms with Crippen molar-refractivity contribution in [2.24, 2.45) is 0 Å². The molecular formula is C20H22ClN5O. The van der Waals surface area contributed by atoms with E-state index < -0.39 is 0 Å². The molecule has 2 aromatic heterocycles. The molecule has 0 bridgehead atoms. The van der Waals surface area contributed by atoms with Gasteiger partial charge in [0.1, 0.15) is 5.02 Å². The lowest BCUT2D eigenvalue weighted by molar-refractivity contribution is -0.119. The van der Waals surface area contributed by atoms with Gasteiger partial charge in [-0.05, 0) is 43.2 Å². The third kappa shape index (κ3) is 3.90. The van der Waals surface area contributed by atoms with Gasteiger partial charge in [-0.3, -0.25) is 9.36 Å². The van der Waals surface area contributed by atoms with Gasteiger partial charge in [0.2, 0.25) is 11.9 Å². The maximum Gasteiger partial charge on any atom is 0.224 e. The molecule has 3 aromatic rings. The molecule has 0 unspecified atom stereocenters. The highest BCUT2D eigenvalue weighted by molar-refractivity contribution is 6.32. The van der Waals surface area contributed by atoms with Crippen molar-refractivity contribution in [3.8, 4) is 5.82 Å². The topological polar surface area (TPSA) is 71.8 Å². The number of para-hydroxylation sites is 1. The highest BCUT2D eigenvalue weighted by atomic mass is 35.5. The third-order valence-electron chi connectivity index (χ3n) is 5.02. The molecule has 1 saturated carbocycles. The Morgan fingerprint density at radius 1 is 1.15 bits per heavy atom. The molecule has 4 rings (SSSR count). The second kappa shape index (κ2) is 7.56. The molecular weight excluding hydrogens is 362 g/mol. The summed E-state index contributed by atoms with van der Waals surface area (Å²) in [5.41, 5.74) is 1.06. The predicted octanol–water partition coefficient (Wildman–Crippen LogP) is 3.93. The number of carbonyl (C=O) groups excluding carboxylic acids is 1. The first-order valence-electron chi connectivity index (χ1n) is 9.23. The Morgan fingerprint density at radius 3 is 2.67 bits per heavy atom. The quantitative estimate of drug-likeness (QED) is 0.716. The fourth-order valence-corrected chi connectivity index (χ4v) is 3.90. The van der Waals surface area contributed by atoms with Crippen LogP contribution in [0.5, 0.6) is 0 Å². The standard InChI is InChI=1S/C20H22ClN5O/c1-13(27)23-15-6-8-16(9-7-15)24-20-22-12-17(21)19(25-20)26-11-10-14-4-2-3-5-18(14)26/h2-5,10-12,15-16H,6-9H2,1H3,(H,23,27)(H,22,24,25). The number of nitrogens with zero attached hydrogens (tertiary/aromatic N) is 3. The molecule has 7 heteroatoms. The van der Waals surface area contributed by atoms with Crippen LogP contribution < -0.4 is 10.6 Å². The van der Waals surface area contributed by atoms with E-state index in [0.29, 0.717) is 22.8 Å². The zero-order valence-electron chi connectivity index (χ0n) is 15.2. The Bertz CT molecular complexity index is 962. The minimum atomic E-state index is 0.0380. The second-order valence-corrected chi connectivity index (χ2v) is 7.41. The first kappa shape index (κ1) is 17.8. The predicted molar refractivity (Wildman–Crippen MR) is 107 cm³/mol. The van der Waals surface area contributed by atoms with Crippen molar-refractivity contribution in [1.82, 2.24) is 19.9 Å². The van der Waals surface area contributed by atoms with E-state index in [9.17, 15) is 4.79 Å². The van der Waals surface area contributed by atoms with Crippen LogP contribution >= 0.6 is 11.6 Å². The number of hydrogen-bond acceptors (Lipinski definition) is 4. The van der Waals surface area contributed by atoms with Gasteiger partial charge in [0, 0.05) is 25.2 Å². The second-order valence-electron chi connectivity index (χ2n) is 7.00. The molecule has 0 saturated heterocycles. The van der Waals surface area contributed by atoms with E-state index in [0.717, 1.165) is 36.6 Å². The fraction of sp³-hybridized carbons (Fsp3) is 0.350. The molecule has 0 aliphatic heterocycles. The van der Waals surface area contributed by atoms with Crippen LogP contribution in [0.2, 0.25) is 5.02 Å². The Labute approximate surface area is 163 Å². The Balaban J connectivity index is 1.51. The van der Waals surface area contributed by atoms with E-state index in [2.05, 4.69) is 26.7 Å². The lowest BCUT2D eigenvalue weighted by atomic mass is 9.91. The van der Waals surface area contributed by atoms with Crippen molar-refractivity contribution in [2.45, 2.75) is 44.7 Å². The van der Waals surface area contributed by atoms with Gasteiger partial charge in [-0.1, -0.05) is 29.8 Å². The van der Waals surface area contributed by atoms with Crippen molar-refractivity contribution in [3.63, 3.8) is 0 Å². The highest BCUT2D eigenvalue weighted by Crippen LogP contribution is 2.26. The molecule has 1 aliphatic carbocycles. The molecule has 6 nitrogen and oxygen atoms in total. The number of halogens is 1. The average molecular weight is 384 g/mol. The number of hydrogen-bond donors (Lipinski definition) is 2. The van der Waals surface area contributed by atoms with E-state index in [1.54, 1.807) is 13.1 Å². The summed E-state index contributed by atoms with van der Waals surface area (Å²) in [6.45, 7) is 1.57. The van der Waals surface area contributed by atoms with Crippen molar-refractivity contribution in [3.05, 3.63) is 47.7 Å². The van der Waals surface area contributed by atoms with Crippen LogP contribution in [0.4, 0.5) is 5.95 Å². The smallest absolute Gasteiger partial charge is 0.224 e. The molecule has 140 valence electrons. The van der Waals surface area contributed by atoms with Gasteiger partial charge in [0.25, 0.3) is 0 Å². The van der Waals surface area contributed by atoms with Crippen LogP contribution in [-0.4, -0.2) is 32.5 Å². The summed E-state index contributed by atoms with van der Waals surface area (Å²) in [5.74, 6) is 1.29. The monoisotopic (exact) mass is 383 g/mol. The number of rotatable bonds is 4.